The Bertz CT molecular complexity index is 783. The second kappa shape index (κ2) is 5.95. The number of nitrogens with zero attached hydrogens (tertiary/aromatic N) is 3. The maximum Gasteiger partial charge on any atom is 0.132 e. The summed E-state index contributed by atoms with van der Waals surface area (Å²) in [4.78, 5) is 0. The third kappa shape index (κ3) is 2.44. The summed E-state index contributed by atoms with van der Waals surface area (Å²) >= 11 is 0. The lowest BCUT2D eigenvalue weighted by Crippen LogP contribution is -2.03. The van der Waals surface area contributed by atoms with Crippen molar-refractivity contribution in [1.82, 2.24) is 15.0 Å². The molecular formula is C16H15FN4O. The van der Waals surface area contributed by atoms with Crippen LogP contribution in [0.5, 0.6) is 5.75 Å². The van der Waals surface area contributed by atoms with Crippen LogP contribution in [0, 0.1) is 5.82 Å². The van der Waals surface area contributed by atoms with E-state index in [0.29, 0.717) is 17.0 Å². The van der Waals surface area contributed by atoms with E-state index in [-0.39, 0.29) is 12.4 Å². The van der Waals surface area contributed by atoms with E-state index in [1.807, 2.05) is 24.3 Å². The molecule has 2 aromatic carbocycles. The van der Waals surface area contributed by atoms with Crippen molar-refractivity contribution >= 4 is 0 Å². The first-order valence-electron chi connectivity index (χ1n) is 6.78. The molecule has 0 amide bonds. The Morgan fingerprint density at radius 3 is 2.50 bits per heavy atom. The Kier molecular flexibility index (Phi) is 3.84. The van der Waals surface area contributed by atoms with E-state index in [1.54, 1.807) is 30.0 Å². The first-order chi connectivity index (χ1) is 10.7. The molecule has 0 saturated carbocycles. The summed E-state index contributed by atoms with van der Waals surface area (Å²) in [6, 6.07) is 13.8. The van der Waals surface area contributed by atoms with Crippen LogP contribution < -0.4 is 10.5 Å². The molecule has 5 nitrogen and oxygen atoms in total. The van der Waals surface area contributed by atoms with Gasteiger partial charge in [-0.2, -0.15) is 0 Å². The van der Waals surface area contributed by atoms with Gasteiger partial charge in [0.15, 0.2) is 0 Å². The zero-order valence-corrected chi connectivity index (χ0v) is 12.0. The highest BCUT2D eigenvalue weighted by Gasteiger charge is 2.18. The van der Waals surface area contributed by atoms with E-state index < -0.39 is 0 Å². The van der Waals surface area contributed by atoms with E-state index in [1.165, 1.54) is 6.07 Å². The Labute approximate surface area is 127 Å². The number of methoxy groups -OCH3 is 1. The summed E-state index contributed by atoms with van der Waals surface area (Å²) in [7, 11) is 1.60. The minimum absolute atomic E-state index is 0.180. The Hall–Kier alpha value is -2.73. The number of nitrogens with two attached hydrogens (primary N) is 1. The zero-order chi connectivity index (χ0) is 15.5. The maximum absolute atomic E-state index is 14.2. The number of aromatic nitrogens is 3. The van der Waals surface area contributed by atoms with Gasteiger partial charge in [-0.15, -0.1) is 5.10 Å². The fourth-order valence-electron chi connectivity index (χ4n) is 2.28. The van der Waals surface area contributed by atoms with Gasteiger partial charge in [0.2, 0.25) is 0 Å². The van der Waals surface area contributed by atoms with Crippen LogP contribution in [0.3, 0.4) is 0 Å². The van der Waals surface area contributed by atoms with Crippen LogP contribution in [0.4, 0.5) is 4.39 Å². The summed E-state index contributed by atoms with van der Waals surface area (Å²) in [5, 5.41) is 8.17. The lowest BCUT2D eigenvalue weighted by atomic mass is 10.1. The molecule has 3 rings (SSSR count). The Balaban J connectivity index is 2.17. The van der Waals surface area contributed by atoms with E-state index in [0.717, 1.165) is 11.4 Å². The van der Waals surface area contributed by atoms with Crippen LogP contribution >= 0.6 is 0 Å². The largest absolute Gasteiger partial charge is 0.497 e. The van der Waals surface area contributed by atoms with Gasteiger partial charge in [0.25, 0.3) is 0 Å². The van der Waals surface area contributed by atoms with Gasteiger partial charge in [0.1, 0.15) is 23.0 Å². The maximum atomic E-state index is 14.2. The van der Waals surface area contributed by atoms with Crippen molar-refractivity contribution < 1.29 is 9.13 Å². The van der Waals surface area contributed by atoms with Gasteiger partial charge in [0, 0.05) is 12.1 Å². The standard InChI is InChI=1S/C16H15FN4O/c1-22-12-8-6-11(7-9-12)21-16(15(10-18)19-20-21)13-4-2-3-5-14(13)17/h2-9H,10,18H2,1H3. The highest BCUT2D eigenvalue weighted by Crippen LogP contribution is 2.28. The summed E-state index contributed by atoms with van der Waals surface area (Å²) in [5.41, 5.74) is 8.00. The smallest absolute Gasteiger partial charge is 0.132 e. The van der Waals surface area contributed by atoms with Gasteiger partial charge in [-0.05, 0) is 36.4 Å². The summed E-state index contributed by atoms with van der Waals surface area (Å²) in [5.74, 6) is 0.393. The molecule has 0 aliphatic heterocycles. The van der Waals surface area contributed by atoms with Gasteiger partial charge in [-0.25, -0.2) is 9.07 Å². The van der Waals surface area contributed by atoms with Gasteiger partial charge in [0.05, 0.1) is 12.8 Å². The molecule has 112 valence electrons. The van der Waals surface area contributed by atoms with E-state index in [2.05, 4.69) is 10.3 Å². The SMILES string of the molecule is COc1ccc(-n2nnc(CN)c2-c2ccccc2F)cc1. The number of benzene rings is 2. The predicted octanol–water partition coefficient (Wildman–Crippen LogP) is 2.54. The van der Waals surface area contributed by atoms with Crippen LogP contribution in [0.15, 0.2) is 48.5 Å². The van der Waals surface area contributed by atoms with Gasteiger partial charge < -0.3 is 10.5 Å². The minimum atomic E-state index is -0.339. The molecule has 0 fully saturated rings. The fourth-order valence-corrected chi connectivity index (χ4v) is 2.28. The quantitative estimate of drug-likeness (QED) is 0.804. The molecule has 0 saturated heterocycles. The van der Waals surface area contributed by atoms with E-state index in [9.17, 15) is 4.39 Å². The number of halogens is 1. The van der Waals surface area contributed by atoms with Crippen LogP contribution in [-0.4, -0.2) is 22.1 Å². The lowest BCUT2D eigenvalue weighted by Gasteiger charge is -2.09. The number of ether oxygens (including phenoxy) is 1. The minimum Gasteiger partial charge on any atom is -0.497 e. The van der Waals surface area contributed by atoms with Crippen molar-refractivity contribution in [2.45, 2.75) is 6.54 Å². The van der Waals surface area contributed by atoms with Gasteiger partial charge in [-0.1, -0.05) is 17.3 Å². The summed E-state index contributed by atoms with van der Waals surface area (Å²) in [6.45, 7) is 0.180. The van der Waals surface area contributed by atoms with Crippen LogP contribution in [0.1, 0.15) is 5.69 Å². The average Bonchev–Trinajstić information content (AvgIpc) is 2.99. The number of hydrogen-bond donors (Lipinski definition) is 1. The lowest BCUT2D eigenvalue weighted by molar-refractivity contribution is 0.414. The monoisotopic (exact) mass is 298 g/mol. The average molecular weight is 298 g/mol. The molecule has 0 bridgehead atoms. The Morgan fingerprint density at radius 2 is 1.86 bits per heavy atom. The summed E-state index contributed by atoms with van der Waals surface area (Å²) in [6.07, 6.45) is 0. The number of rotatable bonds is 4. The van der Waals surface area contributed by atoms with Crippen molar-refractivity contribution in [3.8, 4) is 22.7 Å². The van der Waals surface area contributed by atoms with Crippen LogP contribution in [0.2, 0.25) is 0 Å². The van der Waals surface area contributed by atoms with Crippen molar-refractivity contribution in [1.29, 1.82) is 0 Å². The molecule has 0 radical (unpaired) electrons. The van der Waals surface area contributed by atoms with Crippen LogP contribution in [0.25, 0.3) is 16.9 Å². The normalized spacial score (nSPS) is 10.7. The fraction of sp³-hybridized carbons (Fsp3) is 0.125. The molecule has 0 unspecified atom stereocenters. The molecule has 22 heavy (non-hydrogen) atoms. The van der Waals surface area contributed by atoms with Crippen molar-refractivity contribution in [2.75, 3.05) is 7.11 Å². The van der Waals surface area contributed by atoms with Crippen molar-refractivity contribution in [2.24, 2.45) is 5.73 Å². The first kappa shape index (κ1) is 14.2. The van der Waals surface area contributed by atoms with E-state index >= 15 is 0 Å². The number of hydrogen-bond acceptors (Lipinski definition) is 4. The van der Waals surface area contributed by atoms with Crippen molar-refractivity contribution in [3.63, 3.8) is 0 Å². The topological polar surface area (TPSA) is 66.0 Å². The highest BCUT2D eigenvalue weighted by molar-refractivity contribution is 5.65. The molecule has 6 heteroatoms. The second-order valence-electron chi connectivity index (χ2n) is 4.68. The highest BCUT2D eigenvalue weighted by atomic mass is 19.1. The first-order valence-corrected chi connectivity index (χ1v) is 6.78. The third-order valence-corrected chi connectivity index (χ3v) is 3.38. The summed E-state index contributed by atoms with van der Waals surface area (Å²) < 4.78 is 20.9. The molecule has 0 aliphatic rings. The van der Waals surface area contributed by atoms with Crippen LogP contribution in [-0.2, 0) is 6.54 Å². The third-order valence-electron chi connectivity index (χ3n) is 3.38. The molecule has 2 N–H and O–H groups in total. The molecule has 1 heterocycles. The van der Waals surface area contributed by atoms with Gasteiger partial charge in [-0.3, -0.25) is 0 Å². The Morgan fingerprint density at radius 1 is 1.14 bits per heavy atom. The second-order valence-corrected chi connectivity index (χ2v) is 4.68. The van der Waals surface area contributed by atoms with Crippen molar-refractivity contribution in [3.05, 3.63) is 60.0 Å². The molecule has 1 aromatic heterocycles. The molecular weight excluding hydrogens is 283 g/mol. The zero-order valence-electron chi connectivity index (χ0n) is 12.0. The molecule has 3 aromatic rings. The molecule has 0 spiro atoms. The van der Waals surface area contributed by atoms with E-state index in [4.69, 9.17) is 10.5 Å². The van der Waals surface area contributed by atoms with Gasteiger partial charge >= 0.3 is 0 Å². The molecule has 0 aliphatic carbocycles. The molecule has 0 atom stereocenters. The predicted molar refractivity (Wildman–Crippen MR) is 81.2 cm³/mol.